The Labute approximate surface area is 165 Å². The lowest BCUT2D eigenvalue weighted by Gasteiger charge is -2.19. The predicted octanol–water partition coefficient (Wildman–Crippen LogP) is 3.12. The monoisotopic (exact) mass is 387 g/mol. The number of nitrogens with one attached hydrogen (secondary N) is 3. The van der Waals surface area contributed by atoms with E-state index in [4.69, 9.17) is 4.74 Å². The first kappa shape index (κ1) is 21.5. The lowest BCUT2D eigenvalue weighted by atomic mass is 10.1. The number of hydrogen-bond acceptors (Lipinski definition) is 4. The van der Waals surface area contributed by atoms with Crippen LogP contribution < -0.4 is 16.0 Å². The van der Waals surface area contributed by atoms with E-state index < -0.39 is 11.7 Å². The van der Waals surface area contributed by atoms with E-state index in [2.05, 4.69) is 16.0 Å². The smallest absolute Gasteiger partial charge is 0.408 e. The van der Waals surface area contributed by atoms with Gasteiger partial charge in [-0.2, -0.15) is 0 Å². The standard InChI is InChI=1S/C21H29N3O4/c1-14(16-7-8-16)11-18(25)22-12-15-5-9-17(10-6-15)24-19(26)13-23-20(27)28-21(2,3)4/h5-6,9-11,16H,7-8,12-13H2,1-4H3,(H,22,25)(H,23,27)(H,24,26)/b14-11+. The second-order valence-electron chi connectivity index (χ2n) is 7.98. The van der Waals surface area contributed by atoms with Crippen LogP contribution >= 0.6 is 0 Å². The van der Waals surface area contributed by atoms with Gasteiger partial charge in [0.05, 0.1) is 0 Å². The number of hydrogen-bond donors (Lipinski definition) is 3. The van der Waals surface area contributed by atoms with Crippen LogP contribution in [-0.4, -0.2) is 30.1 Å². The number of carbonyl (C=O) groups is 3. The van der Waals surface area contributed by atoms with Gasteiger partial charge in [0.15, 0.2) is 0 Å². The number of anilines is 1. The molecular weight excluding hydrogens is 358 g/mol. The summed E-state index contributed by atoms with van der Waals surface area (Å²) in [6, 6.07) is 7.15. The molecule has 1 fully saturated rings. The summed E-state index contributed by atoms with van der Waals surface area (Å²) in [6.45, 7) is 7.48. The molecular formula is C21H29N3O4. The minimum absolute atomic E-state index is 0.0880. The summed E-state index contributed by atoms with van der Waals surface area (Å²) >= 11 is 0. The van der Waals surface area contributed by atoms with Gasteiger partial charge in [-0.3, -0.25) is 9.59 Å². The molecule has 1 aromatic carbocycles. The molecule has 0 saturated heterocycles. The zero-order chi connectivity index (χ0) is 20.7. The molecule has 0 heterocycles. The third-order valence-electron chi connectivity index (χ3n) is 4.08. The maximum atomic E-state index is 11.9. The Hall–Kier alpha value is -2.83. The average Bonchev–Trinajstić information content (AvgIpc) is 3.43. The topological polar surface area (TPSA) is 96.5 Å². The first-order chi connectivity index (χ1) is 13.1. The Kier molecular flexibility index (Phi) is 7.20. The van der Waals surface area contributed by atoms with Crippen molar-refractivity contribution in [3.05, 3.63) is 41.5 Å². The molecule has 1 aliphatic carbocycles. The summed E-state index contributed by atoms with van der Waals surface area (Å²) in [4.78, 5) is 35.3. The molecule has 1 aliphatic rings. The zero-order valence-corrected chi connectivity index (χ0v) is 16.9. The van der Waals surface area contributed by atoms with E-state index in [0.29, 0.717) is 18.2 Å². The van der Waals surface area contributed by atoms with Crippen molar-refractivity contribution in [2.24, 2.45) is 5.92 Å². The number of amides is 3. The molecule has 2 rings (SSSR count). The first-order valence-electron chi connectivity index (χ1n) is 9.44. The van der Waals surface area contributed by atoms with Crippen molar-refractivity contribution in [3.8, 4) is 0 Å². The number of carbonyl (C=O) groups excluding carboxylic acids is 3. The van der Waals surface area contributed by atoms with Gasteiger partial charge in [-0.05, 0) is 64.2 Å². The highest BCUT2D eigenvalue weighted by atomic mass is 16.6. The normalized spacial score (nSPS) is 14.2. The fraction of sp³-hybridized carbons (Fsp3) is 0.476. The highest BCUT2D eigenvalue weighted by Gasteiger charge is 2.23. The molecule has 0 radical (unpaired) electrons. The average molecular weight is 387 g/mol. The minimum atomic E-state index is -0.639. The maximum Gasteiger partial charge on any atom is 0.408 e. The molecule has 28 heavy (non-hydrogen) atoms. The van der Waals surface area contributed by atoms with Gasteiger partial charge in [0.2, 0.25) is 11.8 Å². The predicted molar refractivity (Wildman–Crippen MR) is 108 cm³/mol. The Balaban J connectivity index is 1.72. The Morgan fingerprint density at radius 1 is 1.11 bits per heavy atom. The van der Waals surface area contributed by atoms with Gasteiger partial charge in [-0.15, -0.1) is 0 Å². The third-order valence-corrected chi connectivity index (χ3v) is 4.08. The van der Waals surface area contributed by atoms with Crippen LogP contribution in [0.3, 0.4) is 0 Å². The van der Waals surface area contributed by atoms with Crippen LogP contribution in [-0.2, 0) is 20.9 Å². The maximum absolute atomic E-state index is 11.9. The van der Waals surface area contributed by atoms with Crippen LogP contribution in [0.2, 0.25) is 0 Å². The summed E-state index contributed by atoms with van der Waals surface area (Å²) in [7, 11) is 0. The molecule has 7 nitrogen and oxygen atoms in total. The molecule has 0 aromatic heterocycles. The molecule has 3 N–H and O–H groups in total. The molecule has 0 spiro atoms. The van der Waals surface area contributed by atoms with Gasteiger partial charge < -0.3 is 20.7 Å². The number of allylic oxidation sites excluding steroid dienone is 1. The third kappa shape index (κ3) is 8.24. The Morgan fingerprint density at radius 3 is 2.32 bits per heavy atom. The molecule has 0 atom stereocenters. The van der Waals surface area contributed by atoms with Crippen LogP contribution in [0.25, 0.3) is 0 Å². The number of alkyl carbamates (subject to hydrolysis) is 1. The lowest BCUT2D eigenvalue weighted by molar-refractivity contribution is -0.117. The van der Waals surface area contributed by atoms with Gasteiger partial charge >= 0.3 is 6.09 Å². The van der Waals surface area contributed by atoms with Crippen LogP contribution in [0, 0.1) is 5.92 Å². The zero-order valence-electron chi connectivity index (χ0n) is 16.9. The summed E-state index contributed by atoms with van der Waals surface area (Å²) in [5.41, 5.74) is 2.06. The highest BCUT2D eigenvalue weighted by molar-refractivity contribution is 5.93. The number of benzene rings is 1. The quantitative estimate of drug-likeness (QED) is 0.626. The van der Waals surface area contributed by atoms with Crippen LogP contribution in [0.15, 0.2) is 35.9 Å². The second-order valence-corrected chi connectivity index (χ2v) is 7.98. The number of ether oxygens (including phenoxy) is 1. The molecule has 7 heteroatoms. The van der Waals surface area contributed by atoms with Crippen LogP contribution in [0.4, 0.5) is 10.5 Å². The summed E-state index contributed by atoms with van der Waals surface area (Å²) in [5, 5.41) is 7.96. The van der Waals surface area contributed by atoms with Crippen molar-refractivity contribution in [1.82, 2.24) is 10.6 Å². The van der Waals surface area contributed by atoms with E-state index in [0.717, 1.165) is 11.1 Å². The van der Waals surface area contributed by atoms with Gasteiger partial charge in [-0.25, -0.2) is 4.79 Å². The summed E-state index contributed by atoms with van der Waals surface area (Å²) in [5.74, 6) is 0.140. The highest BCUT2D eigenvalue weighted by Crippen LogP contribution is 2.35. The van der Waals surface area contributed by atoms with Gasteiger partial charge in [0.25, 0.3) is 0 Å². The SMILES string of the molecule is C/C(=C\C(=O)NCc1ccc(NC(=O)CNC(=O)OC(C)(C)C)cc1)C1CC1. The van der Waals surface area contributed by atoms with E-state index in [1.54, 1.807) is 39.0 Å². The van der Waals surface area contributed by atoms with Crippen molar-refractivity contribution in [2.75, 3.05) is 11.9 Å². The van der Waals surface area contributed by atoms with Crippen molar-refractivity contribution in [1.29, 1.82) is 0 Å². The fourth-order valence-corrected chi connectivity index (χ4v) is 2.48. The molecule has 0 unspecified atom stereocenters. The molecule has 0 bridgehead atoms. The van der Waals surface area contributed by atoms with E-state index in [9.17, 15) is 14.4 Å². The van der Waals surface area contributed by atoms with E-state index >= 15 is 0 Å². The van der Waals surface area contributed by atoms with E-state index in [1.165, 1.54) is 12.8 Å². The summed E-state index contributed by atoms with van der Waals surface area (Å²) < 4.78 is 5.07. The van der Waals surface area contributed by atoms with Crippen molar-refractivity contribution in [3.63, 3.8) is 0 Å². The minimum Gasteiger partial charge on any atom is -0.444 e. The molecule has 1 saturated carbocycles. The van der Waals surface area contributed by atoms with Crippen molar-refractivity contribution >= 4 is 23.6 Å². The number of rotatable bonds is 7. The molecule has 1 aromatic rings. The van der Waals surface area contributed by atoms with Gasteiger partial charge in [0, 0.05) is 18.3 Å². The van der Waals surface area contributed by atoms with E-state index in [1.807, 2.05) is 19.1 Å². The van der Waals surface area contributed by atoms with Crippen molar-refractivity contribution < 1.29 is 19.1 Å². The molecule has 0 aliphatic heterocycles. The first-order valence-corrected chi connectivity index (χ1v) is 9.44. The Bertz CT molecular complexity index is 744. The molecule has 3 amide bonds. The van der Waals surface area contributed by atoms with Crippen molar-refractivity contribution in [2.45, 2.75) is 52.7 Å². The fourth-order valence-electron chi connectivity index (χ4n) is 2.48. The Morgan fingerprint density at radius 2 is 1.75 bits per heavy atom. The van der Waals surface area contributed by atoms with Gasteiger partial charge in [0.1, 0.15) is 12.1 Å². The summed E-state index contributed by atoms with van der Waals surface area (Å²) in [6.07, 6.45) is 3.38. The van der Waals surface area contributed by atoms with Crippen LogP contribution in [0.5, 0.6) is 0 Å². The van der Waals surface area contributed by atoms with Gasteiger partial charge in [-0.1, -0.05) is 17.7 Å². The molecule has 152 valence electrons. The largest absolute Gasteiger partial charge is 0.444 e. The van der Waals surface area contributed by atoms with E-state index in [-0.39, 0.29) is 18.4 Å². The second kappa shape index (κ2) is 9.39. The lowest BCUT2D eigenvalue weighted by Crippen LogP contribution is -2.37. The van der Waals surface area contributed by atoms with Crippen LogP contribution in [0.1, 0.15) is 46.1 Å².